The number of methoxy groups -OCH3 is 1. The van der Waals surface area contributed by atoms with Crippen molar-refractivity contribution in [3.8, 4) is 11.5 Å². The molecule has 0 saturated heterocycles. The van der Waals surface area contributed by atoms with E-state index in [9.17, 15) is 14.7 Å². The largest absolute Gasteiger partial charge is 0.503 e. The third kappa shape index (κ3) is 3.09. The van der Waals surface area contributed by atoms with Gasteiger partial charge in [-0.3, -0.25) is 9.59 Å². The van der Waals surface area contributed by atoms with Crippen molar-refractivity contribution in [3.63, 3.8) is 0 Å². The summed E-state index contributed by atoms with van der Waals surface area (Å²) in [6.45, 7) is 2.53. The Kier molecular flexibility index (Phi) is 5.08. The van der Waals surface area contributed by atoms with E-state index in [2.05, 4.69) is 15.9 Å². The number of benzene rings is 2. The third-order valence-corrected chi connectivity index (χ3v) is 5.82. The summed E-state index contributed by atoms with van der Waals surface area (Å²) < 4.78 is 11.6. The maximum atomic E-state index is 13.3. The second kappa shape index (κ2) is 7.55. The molecule has 4 rings (SSSR count). The fraction of sp³-hybridized carbons (Fsp3) is 0.273. The minimum Gasteiger partial charge on any atom is -0.503 e. The summed E-state index contributed by atoms with van der Waals surface area (Å²) in [6, 6.07) is 9.67. The first-order chi connectivity index (χ1) is 14.0. The van der Waals surface area contributed by atoms with Gasteiger partial charge >= 0.3 is 0 Å². The molecule has 1 N–H and O–H groups in total. The Labute approximate surface area is 175 Å². The maximum Gasteiger partial charge on any atom is 0.290 e. The number of hydrogen-bond acceptors (Lipinski definition) is 5. The van der Waals surface area contributed by atoms with E-state index in [1.165, 1.54) is 7.11 Å². The van der Waals surface area contributed by atoms with E-state index < -0.39 is 6.04 Å². The molecule has 3 aromatic rings. The van der Waals surface area contributed by atoms with Crippen molar-refractivity contribution in [3.05, 3.63) is 68.0 Å². The summed E-state index contributed by atoms with van der Waals surface area (Å²) >= 11 is 3.34. The van der Waals surface area contributed by atoms with E-state index in [0.717, 1.165) is 12.8 Å². The van der Waals surface area contributed by atoms with Crippen LogP contribution in [0.1, 0.15) is 47.5 Å². The van der Waals surface area contributed by atoms with Crippen LogP contribution < -0.4 is 10.2 Å². The number of para-hydroxylation sites is 1. The van der Waals surface area contributed by atoms with Crippen LogP contribution in [-0.4, -0.2) is 29.6 Å². The number of phenolic OH excluding ortho intramolecular Hbond substituents is 1. The molecule has 1 aliphatic heterocycles. The summed E-state index contributed by atoms with van der Waals surface area (Å²) in [5.41, 5.74) is 1.16. The van der Waals surface area contributed by atoms with Crippen molar-refractivity contribution in [2.24, 2.45) is 0 Å². The predicted octanol–water partition coefficient (Wildman–Crippen LogP) is 4.62. The van der Waals surface area contributed by atoms with Gasteiger partial charge in [-0.25, -0.2) is 0 Å². The van der Waals surface area contributed by atoms with Gasteiger partial charge in [-0.2, -0.15) is 0 Å². The number of hydrogen-bond donors (Lipinski definition) is 1. The minimum atomic E-state index is -0.615. The number of phenols is 1. The normalized spacial score (nSPS) is 15.8. The van der Waals surface area contributed by atoms with E-state index in [4.69, 9.17) is 9.15 Å². The molecule has 0 aliphatic carbocycles. The zero-order valence-corrected chi connectivity index (χ0v) is 17.7. The average molecular weight is 458 g/mol. The fourth-order valence-electron chi connectivity index (χ4n) is 3.78. The molecule has 7 heteroatoms. The van der Waals surface area contributed by atoms with Crippen LogP contribution in [0.5, 0.6) is 11.5 Å². The number of fused-ring (bicyclic) bond motifs is 2. The van der Waals surface area contributed by atoms with Gasteiger partial charge in [0, 0.05) is 6.54 Å². The van der Waals surface area contributed by atoms with Crippen molar-refractivity contribution >= 4 is 32.8 Å². The van der Waals surface area contributed by atoms with Gasteiger partial charge in [0.05, 0.1) is 28.6 Å². The lowest BCUT2D eigenvalue weighted by molar-refractivity contribution is 0.0725. The SMILES string of the molecule is CCCCN1C(=O)c2oc3ccccc3c(=O)c2[C@H]1c1cc(Br)c(O)c(OC)c1. The van der Waals surface area contributed by atoms with Crippen LogP contribution in [0.4, 0.5) is 0 Å². The first-order valence-electron chi connectivity index (χ1n) is 9.41. The van der Waals surface area contributed by atoms with Crippen molar-refractivity contribution in [1.82, 2.24) is 4.90 Å². The van der Waals surface area contributed by atoms with Crippen molar-refractivity contribution < 1.29 is 19.1 Å². The summed E-state index contributed by atoms with van der Waals surface area (Å²) in [4.78, 5) is 28.2. The highest BCUT2D eigenvalue weighted by molar-refractivity contribution is 9.10. The third-order valence-electron chi connectivity index (χ3n) is 5.21. The Bertz CT molecular complexity index is 1170. The van der Waals surface area contributed by atoms with E-state index in [0.29, 0.717) is 33.1 Å². The lowest BCUT2D eigenvalue weighted by Gasteiger charge is -2.25. The smallest absolute Gasteiger partial charge is 0.290 e. The quantitative estimate of drug-likeness (QED) is 0.604. The first-order valence-corrected chi connectivity index (χ1v) is 10.2. The monoisotopic (exact) mass is 457 g/mol. The average Bonchev–Trinajstić information content (AvgIpc) is 3.00. The molecular weight excluding hydrogens is 438 g/mol. The summed E-state index contributed by atoms with van der Waals surface area (Å²) in [5.74, 6) is 0.00442. The first kappa shape index (κ1) is 19.5. The number of unbranched alkanes of at least 4 members (excludes halogenated alkanes) is 1. The van der Waals surface area contributed by atoms with Gasteiger partial charge in [-0.15, -0.1) is 0 Å². The molecule has 0 spiro atoms. The zero-order valence-electron chi connectivity index (χ0n) is 16.1. The van der Waals surface area contributed by atoms with Crippen LogP contribution >= 0.6 is 15.9 Å². The van der Waals surface area contributed by atoms with Gasteiger partial charge in [-0.05, 0) is 52.2 Å². The second-order valence-corrected chi connectivity index (χ2v) is 7.83. The summed E-state index contributed by atoms with van der Waals surface area (Å²) in [6.07, 6.45) is 1.69. The van der Waals surface area contributed by atoms with Gasteiger partial charge in [0.1, 0.15) is 5.58 Å². The Morgan fingerprint density at radius 1 is 1.24 bits per heavy atom. The summed E-state index contributed by atoms with van der Waals surface area (Å²) in [5, 5.41) is 10.6. The van der Waals surface area contributed by atoms with Gasteiger partial charge in [-0.1, -0.05) is 25.5 Å². The Hall–Kier alpha value is -2.80. The highest BCUT2D eigenvalue weighted by atomic mass is 79.9. The lowest BCUT2D eigenvalue weighted by atomic mass is 9.98. The molecular formula is C22H20BrNO5. The van der Waals surface area contributed by atoms with Gasteiger partial charge in [0.2, 0.25) is 5.76 Å². The number of ether oxygens (including phenoxy) is 1. The molecule has 0 radical (unpaired) electrons. The Morgan fingerprint density at radius 2 is 2.00 bits per heavy atom. The number of amides is 1. The molecule has 2 aromatic carbocycles. The maximum absolute atomic E-state index is 13.3. The molecule has 1 amide bonds. The van der Waals surface area contributed by atoms with E-state index >= 15 is 0 Å². The molecule has 1 aliphatic rings. The molecule has 1 atom stereocenters. The van der Waals surface area contributed by atoms with Crippen LogP contribution in [0.2, 0.25) is 0 Å². The highest BCUT2D eigenvalue weighted by Crippen LogP contribution is 2.43. The van der Waals surface area contributed by atoms with E-state index in [1.54, 1.807) is 41.3 Å². The Morgan fingerprint density at radius 3 is 2.72 bits per heavy atom. The van der Waals surface area contributed by atoms with Crippen LogP contribution in [-0.2, 0) is 0 Å². The van der Waals surface area contributed by atoms with Crippen molar-refractivity contribution in [2.75, 3.05) is 13.7 Å². The molecule has 2 heterocycles. The molecule has 0 saturated carbocycles. The molecule has 6 nitrogen and oxygen atoms in total. The molecule has 1 aromatic heterocycles. The Balaban J connectivity index is 1.99. The highest BCUT2D eigenvalue weighted by Gasteiger charge is 2.42. The van der Waals surface area contributed by atoms with Crippen LogP contribution in [0, 0.1) is 0 Å². The predicted molar refractivity (Wildman–Crippen MR) is 113 cm³/mol. The number of rotatable bonds is 5. The molecule has 0 unspecified atom stereocenters. The molecule has 0 bridgehead atoms. The van der Waals surface area contributed by atoms with Crippen molar-refractivity contribution in [2.45, 2.75) is 25.8 Å². The lowest BCUT2D eigenvalue weighted by Crippen LogP contribution is -2.30. The molecule has 0 fully saturated rings. The van der Waals surface area contributed by atoms with Crippen molar-refractivity contribution in [1.29, 1.82) is 0 Å². The number of halogens is 1. The topological polar surface area (TPSA) is 80.0 Å². The molecule has 29 heavy (non-hydrogen) atoms. The second-order valence-electron chi connectivity index (χ2n) is 6.98. The number of nitrogens with zero attached hydrogens (tertiary/aromatic N) is 1. The van der Waals surface area contributed by atoms with E-state index in [-0.39, 0.29) is 28.6 Å². The van der Waals surface area contributed by atoms with Gasteiger partial charge in [0.25, 0.3) is 5.91 Å². The number of carbonyl (C=O) groups is 1. The van der Waals surface area contributed by atoms with Crippen LogP contribution in [0.15, 0.2) is 50.1 Å². The van der Waals surface area contributed by atoms with Crippen LogP contribution in [0.25, 0.3) is 11.0 Å². The minimum absolute atomic E-state index is 0.0357. The number of aromatic hydroxyl groups is 1. The summed E-state index contributed by atoms with van der Waals surface area (Å²) in [7, 11) is 1.45. The van der Waals surface area contributed by atoms with Crippen LogP contribution in [0.3, 0.4) is 0 Å². The van der Waals surface area contributed by atoms with Gasteiger partial charge < -0.3 is 19.2 Å². The standard InChI is InChI=1S/C22H20BrNO5/c1-3-4-9-24-18(12-10-14(23)20(26)16(11-12)28-2)17-19(25)13-7-5-6-8-15(13)29-21(17)22(24)27/h5-8,10-11,18,26H,3-4,9H2,1-2H3/t18-/m1/s1. The van der Waals surface area contributed by atoms with E-state index in [1.807, 2.05) is 6.92 Å². The fourth-order valence-corrected chi connectivity index (χ4v) is 4.24. The van der Waals surface area contributed by atoms with Gasteiger partial charge in [0.15, 0.2) is 16.9 Å². The molecule has 150 valence electrons. The number of carbonyl (C=O) groups excluding carboxylic acids is 1. The zero-order chi connectivity index (χ0) is 20.7.